The number of methoxy groups -OCH3 is 1. The highest BCUT2D eigenvalue weighted by molar-refractivity contribution is 5.72. The van der Waals surface area contributed by atoms with E-state index in [2.05, 4.69) is 25.1 Å². The molecule has 0 amide bonds. The molecule has 0 unspecified atom stereocenters. The average Bonchev–Trinajstić information content (AvgIpc) is 3.15. The zero-order chi connectivity index (χ0) is 17.2. The van der Waals surface area contributed by atoms with Crippen molar-refractivity contribution in [3.8, 4) is 5.75 Å². The fourth-order valence-corrected chi connectivity index (χ4v) is 6.98. The van der Waals surface area contributed by atoms with E-state index >= 15 is 0 Å². The molecule has 3 heteroatoms. The van der Waals surface area contributed by atoms with Crippen LogP contribution in [0.3, 0.4) is 0 Å². The lowest BCUT2D eigenvalue weighted by molar-refractivity contribution is -0.163. The van der Waals surface area contributed by atoms with E-state index in [4.69, 9.17) is 9.47 Å². The van der Waals surface area contributed by atoms with Gasteiger partial charge in [-0.3, -0.25) is 4.79 Å². The third-order valence-electron chi connectivity index (χ3n) is 8.27. The SMILES string of the molecule is COc1ccc2c(c1)CC[C@@H]1[C@@H]2CC[C@@]2(C)[C@H]1CC[C@@]21CCC(=O)O1. The molecule has 5 atom stereocenters. The molecule has 1 saturated heterocycles. The van der Waals surface area contributed by atoms with Gasteiger partial charge in [0, 0.05) is 11.8 Å². The second kappa shape index (κ2) is 5.25. The normalized spacial score (nSPS) is 41.8. The van der Waals surface area contributed by atoms with Gasteiger partial charge in [0.05, 0.1) is 7.11 Å². The van der Waals surface area contributed by atoms with Crippen LogP contribution in [0.2, 0.25) is 0 Å². The Bertz CT molecular complexity index is 726. The van der Waals surface area contributed by atoms with E-state index in [1.165, 1.54) is 31.2 Å². The van der Waals surface area contributed by atoms with Crippen LogP contribution in [0.1, 0.15) is 68.9 Å². The molecule has 1 heterocycles. The minimum atomic E-state index is -0.153. The first-order chi connectivity index (χ1) is 12.1. The quantitative estimate of drug-likeness (QED) is 0.699. The minimum Gasteiger partial charge on any atom is -0.497 e. The zero-order valence-electron chi connectivity index (χ0n) is 15.3. The second-order valence-corrected chi connectivity index (χ2v) is 8.94. The van der Waals surface area contributed by atoms with Crippen molar-refractivity contribution in [1.29, 1.82) is 0 Å². The highest BCUT2D eigenvalue weighted by atomic mass is 16.6. The molecule has 1 aromatic rings. The predicted molar refractivity (Wildman–Crippen MR) is 95.7 cm³/mol. The first-order valence-corrected chi connectivity index (χ1v) is 9.95. The van der Waals surface area contributed by atoms with Gasteiger partial charge < -0.3 is 9.47 Å². The molecule has 3 nitrogen and oxygen atoms in total. The van der Waals surface area contributed by atoms with Gasteiger partial charge in [0.25, 0.3) is 0 Å². The fourth-order valence-electron chi connectivity index (χ4n) is 6.98. The van der Waals surface area contributed by atoms with E-state index < -0.39 is 0 Å². The van der Waals surface area contributed by atoms with Gasteiger partial charge in [0.15, 0.2) is 0 Å². The molecule has 3 fully saturated rings. The highest BCUT2D eigenvalue weighted by Crippen LogP contribution is 2.67. The molecule has 4 aliphatic rings. The average molecular weight is 340 g/mol. The van der Waals surface area contributed by atoms with Crippen LogP contribution in [0.25, 0.3) is 0 Å². The molecule has 0 aromatic heterocycles. The molecule has 1 aliphatic heterocycles. The number of rotatable bonds is 1. The molecule has 1 spiro atoms. The summed E-state index contributed by atoms with van der Waals surface area (Å²) in [6, 6.07) is 6.69. The Hall–Kier alpha value is -1.51. The Morgan fingerprint density at radius 2 is 2.00 bits per heavy atom. The molecule has 0 bridgehead atoms. The Morgan fingerprint density at radius 1 is 1.12 bits per heavy atom. The molecule has 5 rings (SSSR count). The molecule has 3 aliphatic carbocycles. The number of benzene rings is 1. The number of esters is 1. The van der Waals surface area contributed by atoms with Crippen LogP contribution in [0.4, 0.5) is 0 Å². The van der Waals surface area contributed by atoms with Gasteiger partial charge in [-0.25, -0.2) is 0 Å². The van der Waals surface area contributed by atoms with Crippen molar-refractivity contribution in [2.75, 3.05) is 7.11 Å². The summed E-state index contributed by atoms with van der Waals surface area (Å²) < 4.78 is 11.4. The van der Waals surface area contributed by atoms with Crippen LogP contribution in [0.5, 0.6) is 5.75 Å². The van der Waals surface area contributed by atoms with Crippen molar-refractivity contribution >= 4 is 5.97 Å². The van der Waals surface area contributed by atoms with E-state index in [9.17, 15) is 4.79 Å². The first kappa shape index (κ1) is 15.7. The Kier molecular flexibility index (Phi) is 3.30. The lowest BCUT2D eigenvalue weighted by atomic mass is 9.53. The maximum atomic E-state index is 11.9. The lowest BCUT2D eigenvalue weighted by Crippen LogP contribution is -2.50. The van der Waals surface area contributed by atoms with E-state index in [-0.39, 0.29) is 17.0 Å². The van der Waals surface area contributed by atoms with E-state index in [0.29, 0.717) is 18.3 Å². The smallest absolute Gasteiger partial charge is 0.306 e. The van der Waals surface area contributed by atoms with Crippen molar-refractivity contribution in [2.24, 2.45) is 17.3 Å². The van der Waals surface area contributed by atoms with E-state index in [1.807, 2.05) is 0 Å². The van der Waals surface area contributed by atoms with Gasteiger partial charge in [0.1, 0.15) is 11.4 Å². The largest absolute Gasteiger partial charge is 0.497 e. The summed E-state index contributed by atoms with van der Waals surface area (Å²) in [4.78, 5) is 11.9. The maximum absolute atomic E-state index is 11.9. The summed E-state index contributed by atoms with van der Waals surface area (Å²) in [5, 5.41) is 0. The Labute approximate surface area is 150 Å². The molecular weight excluding hydrogens is 312 g/mol. The summed E-state index contributed by atoms with van der Waals surface area (Å²) in [5.74, 6) is 3.14. The molecule has 0 radical (unpaired) electrons. The van der Waals surface area contributed by atoms with Gasteiger partial charge in [0.2, 0.25) is 0 Å². The van der Waals surface area contributed by atoms with E-state index in [1.54, 1.807) is 12.7 Å². The number of hydrogen-bond donors (Lipinski definition) is 0. The van der Waals surface area contributed by atoms with Crippen LogP contribution >= 0.6 is 0 Å². The number of ether oxygens (including phenoxy) is 2. The van der Waals surface area contributed by atoms with Crippen molar-refractivity contribution in [2.45, 2.75) is 69.8 Å². The lowest BCUT2D eigenvalue weighted by Gasteiger charge is -2.53. The van der Waals surface area contributed by atoms with Gasteiger partial charge in [-0.05, 0) is 86.0 Å². The van der Waals surface area contributed by atoms with Crippen molar-refractivity contribution in [3.63, 3.8) is 0 Å². The summed E-state index contributed by atoms with van der Waals surface area (Å²) in [5.41, 5.74) is 3.08. The summed E-state index contributed by atoms with van der Waals surface area (Å²) in [6.07, 6.45) is 8.74. The van der Waals surface area contributed by atoms with Crippen molar-refractivity contribution < 1.29 is 14.3 Å². The molecule has 25 heavy (non-hydrogen) atoms. The van der Waals surface area contributed by atoms with Gasteiger partial charge in [-0.2, -0.15) is 0 Å². The van der Waals surface area contributed by atoms with Crippen LogP contribution in [-0.4, -0.2) is 18.7 Å². The molecule has 1 aromatic carbocycles. The third-order valence-corrected chi connectivity index (χ3v) is 8.27. The molecule has 2 saturated carbocycles. The van der Waals surface area contributed by atoms with E-state index in [0.717, 1.165) is 30.9 Å². The van der Waals surface area contributed by atoms with Crippen LogP contribution in [-0.2, 0) is 16.0 Å². The van der Waals surface area contributed by atoms with Gasteiger partial charge in [-0.15, -0.1) is 0 Å². The number of carbonyl (C=O) groups excluding carboxylic acids is 1. The van der Waals surface area contributed by atoms with Gasteiger partial charge >= 0.3 is 5.97 Å². The number of hydrogen-bond acceptors (Lipinski definition) is 3. The zero-order valence-corrected chi connectivity index (χ0v) is 15.3. The Balaban J connectivity index is 1.48. The third kappa shape index (κ3) is 2.01. The topological polar surface area (TPSA) is 35.5 Å². The highest BCUT2D eigenvalue weighted by Gasteiger charge is 2.65. The maximum Gasteiger partial charge on any atom is 0.306 e. The molecule has 134 valence electrons. The number of carbonyl (C=O) groups is 1. The van der Waals surface area contributed by atoms with Crippen LogP contribution in [0.15, 0.2) is 18.2 Å². The fraction of sp³-hybridized carbons (Fsp3) is 0.682. The molecular formula is C22H28O3. The van der Waals surface area contributed by atoms with Crippen LogP contribution in [0, 0.1) is 17.3 Å². The van der Waals surface area contributed by atoms with Gasteiger partial charge in [-0.1, -0.05) is 13.0 Å². The summed E-state index contributed by atoms with van der Waals surface area (Å²) in [6.45, 7) is 2.43. The van der Waals surface area contributed by atoms with Crippen LogP contribution < -0.4 is 4.74 Å². The number of aryl methyl sites for hydroxylation is 1. The van der Waals surface area contributed by atoms with Crippen molar-refractivity contribution in [1.82, 2.24) is 0 Å². The Morgan fingerprint density at radius 3 is 2.76 bits per heavy atom. The number of fused-ring (bicyclic) bond motifs is 6. The summed E-state index contributed by atoms with van der Waals surface area (Å²) >= 11 is 0. The second-order valence-electron chi connectivity index (χ2n) is 8.94. The standard InChI is InChI=1S/C22H28O3/c1-21-10-7-17-16-6-4-15(24-2)13-14(16)3-5-18(17)19(21)8-11-22(21)12-9-20(23)25-22/h4,6,13,17-19H,3,5,7-12H2,1-2H3/t17-,18-,19+,21+,22-/m1/s1. The van der Waals surface area contributed by atoms with Crippen molar-refractivity contribution in [3.05, 3.63) is 29.3 Å². The first-order valence-electron chi connectivity index (χ1n) is 9.95. The minimum absolute atomic E-state index is 0.0325. The summed E-state index contributed by atoms with van der Waals surface area (Å²) in [7, 11) is 1.75. The monoisotopic (exact) mass is 340 g/mol. The molecule has 0 N–H and O–H groups in total. The predicted octanol–water partition coefficient (Wildman–Crippen LogP) is 4.63.